The number of pyridine rings is 1. The molecule has 1 rings (SSSR count). The van der Waals surface area contributed by atoms with E-state index in [0.717, 1.165) is 0 Å². The van der Waals surface area contributed by atoms with E-state index in [1.807, 2.05) is 0 Å². The second kappa shape index (κ2) is 5.17. The number of aromatic nitrogens is 1. The van der Waals surface area contributed by atoms with Gasteiger partial charge in [-0.1, -0.05) is 0 Å². The molecule has 9 heteroatoms. The molecule has 0 aliphatic heterocycles. The van der Waals surface area contributed by atoms with Crippen LogP contribution in [0.15, 0.2) is 10.8 Å². The summed E-state index contributed by atoms with van der Waals surface area (Å²) in [5.41, 5.74) is -3.66. The van der Waals surface area contributed by atoms with E-state index >= 15 is 0 Å². The van der Waals surface area contributed by atoms with Gasteiger partial charge in [-0.2, -0.15) is 13.2 Å². The molecule has 0 amide bonds. The van der Waals surface area contributed by atoms with E-state index in [-0.39, 0.29) is 0 Å². The van der Waals surface area contributed by atoms with Gasteiger partial charge in [-0.25, -0.2) is 13.8 Å². The maximum atomic E-state index is 12.7. The second-order valence-electron chi connectivity index (χ2n) is 3.23. The Kier molecular flexibility index (Phi) is 4.25. The van der Waals surface area contributed by atoms with E-state index in [9.17, 15) is 26.7 Å². The molecule has 0 radical (unpaired) electrons. The lowest BCUT2D eigenvalue weighted by molar-refractivity contribution is -0.141. The predicted octanol–water partition coefficient (Wildman–Crippen LogP) is 3.43. The Morgan fingerprint density at radius 2 is 2.00 bits per heavy atom. The van der Waals surface area contributed by atoms with Crippen molar-refractivity contribution in [1.29, 1.82) is 0 Å². The third-order valence-corrected chi connectivity index (χ3v) is 2.60. The summed E-state index contributed by atoms with van der Waals surface area (Å²) in [5.74, 6) is -1.52. The molecule has 1 heterocycles. The molecule has 18 heavy (non-hydrogen) atoms. The number of nitrogens with zero attached hydrogens (tertiary/aromatic N) is 1. The van der Waals surface area contributed by atoms with Crippen LogP contribution in [0, 0.1) is 0 Å². The molecule has 100 valence electrons. The lowest BCUT2D eigenvalue weighted by Crippen LogP contribution is -2.16. The van der Waals surface area contributed by atoms with Gasteiger partial charge < -0.3 is 5.11 Å². The van der Waals surface area contributed by atoms with Gasteiger partial charge in [0, 0.05) is 11.8 Å². The van der Waals surface area contributed by atoms with E-state index in [1.54, 1.807) is 0 Å². The van der Waals surface area contributed by atoms with Gasteiger partial charge in [0.15, 0.2) is 0 Å². The van der Waals surface area contributed by atoms with Gasteiger partial charge >= 0.3 is 12.1 Å². The quantitative estimate of drug-likeness (QED) is 0.681. The maximum absolute atomic E-state index is 12.7. The summed E-state index contributed by atoms with van der Waals surface area (Å²) in [6.45, 7) is 0. The molecule has 1 aromatic heterocycles. The van der Waals surface area contributed by atoms with Gasteiger partial charge in [-0.15, -0.1) is 0 Å². The molecule has 0 aromatic carbocycles. The molecule has 0 atom stereocenters. The van der Waals surface area contributed by atoms with Crippen molar-refractivity contribution in [1.82, 2.24) is 4.98 Å². The van der Waals surface area contributed by atoms with Crippen molar-refractivity contribution in [3.63, 3.8) is 0 Å². The van der Waals surface area contributed by atoms with Gasteiger partial charge in [0.1, 0.15) is 4.60 Å². The summed E-state index contributed by atoms with van der Waals surface area (Å²) in [4.78, 5) is 13.7. The lowest BCUT2D eigenvalue weighted by Gasteiger charge is -2.16. The minimum atomic E-state index is -5.05. The lowest BCUT2D eigenvalue weighted by atomic mass is 10.0. The van der Waals surface area contributed by atoms with Crippen LogP contribution in [0.2, 0.25) is 0 Å². The molecular weight excluding hydrogens is 329 g/mol. The van der Waals surface area contributed by atoms with Crippen LogP contribution >= 0.6 is 15.9 Å². The highest BCUT2D eigenvalue weighted by Gasteiger charge is 2.40. The smallest absolute Gasteiger partial charge is 0.419 e. The Balaban J connectivity index is 3.53. The number of carboxylic acid groups (broad SMARTS) is 1. The monoisotopic (exact) mass is 333 g/mol. The first kappa shape index (κ1) is 14.8. The maximum Gasteiger partial charge on any atom is 0.419 e. The van der Waals surface area contributed by atoms with E-state index < -0.39 is 46.3 Å². The van der Waals surface area contributed by atoms with Crippen LogP contribution in [-0.4, -0.2) is 16.1 Å². The number of halogens is 6. The number of carbonyl (C=O) groups is 1. The molecular formula is C9H5BrF5NO2. The van der Waals surface area contributed by atoms with E-state index in [1.165, 1.54) is 0 Å². The van der Waals surface area contributed by atoms with Crippen LogP contribution in [0.3, 0.4) is 0 Å². The zero-order chi connectivity index (χ0) is 14.1. The molecule has 0 aliphatic rings. The fourth-order valence-corrected chi connectivity index (χ4v) is 1.90. The van der Waals surface area contributed by atoms with Gasteiger partial charge in [-0.3, -0.25) is 4.79 Å². The number of hydrogen-bond donors (Lipinski definition) is 1. The summed E-state index contributed by atoms with van der Waals surface area (Å²) >= 11 is 2.44. The minimum absolute atomic E-state index is 0.659. The topological polar surface area (TPSA) is 50.2 Å². The average molecular weight is 334 g/mol. The minimum Gasteiger partial charge on any atom is -0.481 e. The fraction of sp³-hybridized carbons (Fsp3) is 0.333. The summed E-state index contributed by atoms with van der Waals surface area (Å²) in [7, 11) is 0. The van der Waals surface area contributed by atoms with Crippen molar-refractivity contribution in [2.45, 2.75) is 19.0 Å². The molecule has 1 aromatic rings. The van der Waals surface area contributed by atoms with Crippen LogP contribution in [0.4, 0.5) is 22.0 Å². The number of carboxylic acids is 1. The molecule has 0 bridgehead atoms. The number of hydrogen-bond acceptors (Lipinski definition) is 2. The van der Waals surface area contributed by atoms with Gasteiger partial charge in [0.25, 0.3) is 6.43 Å². The first-order chi connectivity index (χ1) is 8.14. The van der Waals surface area contributed by atoms with Crippen molar-refractivity contribution in [3.8, 4) is 0 Å². The average Bonchev–Trinajstić information content (AvgIpc) is 2.17. The van der Waals surface area contributed by atoms with Crippen LogP contribution in [0.1, 0.15) is 23.1 Å². The van der Waals surface area contributed by atoms with Crippen LogP contribution in [0.5, 0.6) is 0 Å². The molecule has 0 spiro atoms. The highest BCUT2D eigenvalue weighted by Crippen LogP contribution is 2.41. The van der Waals surface area contributed by atoms with Crippen molar-refractivity contribution >= 4 is 21.9 Å². The molecule has 0 saturated carbocycles. The standard InChI is InChI=1S/C9H5BrF5NO2/c10-7-6(9(13,14)15)5(8(11)12)3(2-16-7)1-4(17)18/h2,8H,1H2,(H,17,18). The summed E-state index contributed by atoms with van der Waals surface area (Å²) in [6, 6.07) is 0. The summed E-state index contributed by atoms with van der Waals surface area (Å²) in [6.07, 6.45) is -8.76. The number of rotatable bonds is 3. The Morgan fingerprint density at radius 1 is 1.44 bits per heavy atom. The third kappa shape index (κ3) is 3.15. The van der Waals surface area contributed by atoms with E-state index in [2.05, 4.69) is 20.9 Å². The number of alkyl halides is 5. The Bertz CT molecular complexity index is 475. The van der Waals surface area contributed by atoms with Crippen LogP contribution in [-0.2, 0) is 17.4 Å². The van der Waals surface area contributed by atoms with Crippen molar-refractivity contribution in [2.75, 3.05) is 0 Å². The van der Waals surface area contributed by atoms with Gasteiger partial charge in [-0.05, 0) is 21.5 Å². The highest BCUT2D eigenvalue weighted by atomic mass is 79.9. The van der Waals surface area contributed by atoms with E-state index in [0.29, 0.717) is 6.20 Å². The Morgan fingerprint density at radius 3 is 2.39 bits per heavy atom. The Hall–Kier alpha value is -1.25. The normalized spacial score (nSPS) is 11.9. The molecule has 1 N–H and O–H groups in total. The van der Waals surface area contributed by atoms with Gasteiger partial charge in [0.05, 0.1) is 12.0 Å². The fourth-order valence-electron chi connectivity index (χ4n) is 1.36. The van der Waals surface area contributed by atoms with Crippen LogP contribution < -0.4 is 0 Å². The zero-order valence-corrected chi connectivity index (χ0v) is 10.0. The second-order valence-corrected chi connectivity index (χ2v) is 3.98. The summed E-state index contributed by atoms with van der Waals surface area (Å²) < 4.78 is 62.5. The molecule has 0 unspecified atom stereocenters. The zero-order valence-electron chi connectivity index (χ0n) is 8.43. The van der Waals surface area contributed by atoms with Crippen LogP contribution in [0.25, 0.3) is 0 Å². The largest absolute Gasteiger partial charge is 0.481 e. The van der Waals surface area contributed by atoms with Crippen molar-refractivity contribution in [3.05, 3.63) is 27.5 Å². The number of aliphatic carboxylic acids is 1. The van der Waals surface area contributed by atoms with Crippen molar-refractivity contribution in [2.24, 2.45) is 0 Å². The predicted molar refractivity (Wildman–Crippen MR) is 53.2 cm³/mol. The molecule has 0 aliphatic carbocycles. The SMILES string of the molecule is O=C(O)Cc1cnc(Br)c(C(F)(F)F)c1C(F)F. The third-order valence-electron chi connectivity index (χ3n) is 2.00. The van der Waals surface area contributed by atoms with E-state index in [4.69, 9.17) is 5.11 Å². The highest BCUT2D eigenvalue weighted by molar-refractivity contribution is 9.10. The molecule has 0 fully saturated rings. The Labute approximate surface area is 106 Å². The summed E-state index contributed by atoms with van der Waals surface area (Å²) in [5, 5.41) is 8.47. The first-order valence-corrected chi connectivity index (χ1v) is 5.18. The molecule has 0 saturated heterocycles. The molecule has 3 nitrogen and oxygen atoms in total. The first-order valence-electron chi connectivity index (χ1n) is 4.39. The van der Waals surface area contributed by atoms with Crippen molar-refractivity contribution < 1.29 is 31.9 Å². The van der Waals surface area contributed by atoms with Gasteiger partial charge in [0.2, 0.25) is 0 Å².